The number of fused-ring (bicyclic) bond motifs is 5. The van der Waals surface area contributed by atoms with E-state index in [4.69, 9.17) is 10.00 Å². The van der Waals surface area contributed by atoms with Crippen LogP contribution >= 0.6 is 0 Å². The number of sulfonamides is 1. The molecule has 0 amide bonds. The van der Waals surface area contributed by atoms with E-state index in [1.54, 1.807) is 6.92 Å². The first-order chi connectivity index (χ1) is 11.6. The van der Waals surface area contributed by atoms with E-state index in [2.05, 4.69) is 0 Å². The third kappa shape index (κ3) is 2.20. The SMILES string of the molecule is C[C@@]12CC[C@H](O1)[C@@H]1CN(c3ccc(C#N)c(C(F)(F)F)c3)S(=O)(=O)[C@@H]12. The van der Waals surface area contributed by atoms with Gasteiger partial charge in [0.05, 0.1) is 34.6 Å². The molecular formula is C16H15F3N2O3S. The average Bonchev–Trinajstić information content (AvgIpc) is 3.13. The number of halogens is 3. The number of nitrogens with zero attached hydrogens (tertiary/aromatic N) is 2. The molecule has 0 radical (unpaired) electrons. The molecule has 3 aliphatic heterocycles. The Bertz CT molecular complexity index is 893. The van der Waals surface area contributed by atoms with Gasteiger partial charge in [0, 0.05) is 12.5 Å². The molecule has 3 aliphatic rings. The Morgan fingerprint density at radius 1 is 1.40 bits per heavy atom. The van der Waals surface area contributed by atoms with Crippen LogP contribution in [0, 0.1) is 17.2 Å². The molecule has 1 aromatic rings. The van der Waals surface area contributed by atoms with Crippen molar-refractivity contribution >= 4 is 15.7 Å². The first-order valence-corrected chi connectivity index (χ1v) is 9.39. The van der Waals surface area contributed by atoms with Gasteiger partial charge < -0.3 is 4.74 Å². The van der Waals surface area contributed by atoms with Crippen LogP contribution < -0.4 is 4.31 Å². The van der Waals surface area contributed by atoms with Gasteiger partial charge in [-0.2, -0.15) is 18.4 Å². The van der Waals surface area contributed by atoms with Crippen LogP contribution in [-0.4, -0.2) is 31.9 Å². The molecule has 0 N–H and O–H groups in total. The summed E-state index contributed by atoms with van der Waals surface area (Å²) in [6.07, 6.45) is -3.50. The molecule has 0 aromatic heterocycles. The van der Waals surface area contributed by atoms with Crippen LogP contribution in [0.5, 0.6) is 0 Å². The molecule has 4 atom stereocenters. The van der Waals surface area contributed by atoms with Gasteiger partial charge in [-0.25, -0.2) is 8.42 Å². The highest BCUT2D eigenvalue weighted by atomic mass is 32.2. The summed E-state index contributed by atoms with van der Waals surface area (Å²) in [7, 11) is -3.83. The smallest absolute Gasteiger partial charge is 0.370 e. The van der Waals surface area contributed by atoms with Crippen molar-refractivity contribution in [3.63, 3.8) is 0 Å². The highest BCUT2D eigenvalue weighted by molar-refractivity contribution is 7.93. The summed E-state index contributed by atoms with van der Waals surface area (Å²) in [4.78, 5) is 0. The Labute approximate surface area is 143 Å². The number of alkyl halides is 3. The first-order valence-electron chi connectivity index (χ1n) is 7.89. The highest BCUT2D eigenvalue weighted by Gasteiger charge is 2.66. The maximum Gasteiger partial charge on any atom is 0.417 e. The zero-order chi connectivity index (χ0) is 18.2. The third-order valence-electron chi connectivity index (χ3n) is 5.54. The minimum atomic E-state index is -4.73. The van der Waals surface area contributed by atoms with Crippen molar-refractivity contribution in [3.8, 4) is 6.07 Å². The van der Waals surface area contributed by atoms with E-state index in [1.165, 1.54) is 12.1 Å². The fourth-order valence-corrected chi connectivity index (χ4v) is 7.07. The lowest BCUT2D eigenvalue weighted by Crippen LogP contribution is -2.44. The van der Waals surface area contributed by atoms with E-state index >= 15 is 0 Å². The molecule has 0 spiro atoms. The maximum atomic E-state index is 13.2. The van der Waals surface area contributed by atoms with Crippen molar-refractivity contribution in [1.29, 1.82) is 5.26 Å². The second-order valence-corrected chi connectivity index (χ2v) is 8.99. The predicted octanol–water partition coefficient (Wildman–Crippen LogP) is 2.66. The number of hydrogen-bond donors (Lipinski definition) is 0. The van der Waals surface area contributed by atoms with Crippen LogP contribution in [0.2, 0.25) is 0 Å². The number of hydrogen-bond acceptors (Lipinski definition) is 4. The normalized spacial score (nSPS) is 35.6. The van der Waals surface area contributed by atoms with E-state index in [9.17, 15) is 21.6 Å². The molecule has 0 saturated carbocycles. The summed E-state index contributed by atoms with van der Waals surface area (Å²) < 4.78 is 72.4. The standard InChI is InChI=1S/C16H15F3N2O3S/c1-15-5-4-13(24-15)11-8-21(25(22,23)14(11)15)10-3-2-9(7-20)12(6-10)16(17,18)19/h2-3,6,11,13-14H,4-5,8H2,1H3/t11-,13-,14-,15-/m0/s1. The number of benzene rings is 1. The van der Waals surface area contributed by atoms with E-state index in [0.717, 1.165) is 22.9 Å². The fourth-order valence-electron chi connectivity index (χ4n) is 4.50. The van der Waals surface area contributed by atoms with Gasteiger partial charge in [-0.1, -0.05) is 0 Å². The van der Waals surface area contributed by atoms with Crippen molar-refractivity contribution in [1.82, 2.24) is 0 Å². The average molecular weight is 372 g/mol. The second kappa shape index (κ2) is 4.89. The quantitative estimate of drug-likeness (QED) is 0.760. The van der Waals surface area contributed by atoms with Crippen LogP contribution in [0.3, 0.4) is 0 Å². The molecule has 3 fully saturated rings. The van der Waals surface area contributed by atoms with Gasteiger partial charge in [0.25, 0.3) is 0 Å². The van der Waals surface area contributed by atoms with Crippen molar-refractivity contribution in [3.05, 3.63) is 29.3 Å². The van der Waals surface area contributed by atoms with Crippen molar-refractivity contribution in [2.45, 2.75) is 42.9 Å². The van der Waals surface area contributed by atoms with Gasteiger partial charge in [-0.05, 0) is 38.0 Å². The molecule has 3 heterocycles. The van der Waals surface area contributed by atoms with Gasteiger partial charge in [0.1, 0.15) is 5.25 Å². The lowest BCUT2D eigenvalue weighted by atomic mass is 9.82. The lowest BCUT2D eigenvalue weighted by Gasteiger charge is -2.28. The van der Waals surface area contributed by atoms with Crippen LogP contribution in [0.4, 0.5) is 18.9 Å². The monoisotopic (exact) mass is 372 g/mol. The molecule has 1 aromatic carbocycles. The van der Waals surface area contributed by atoms with E-state index in [0.29, 0.717) is 6.42 Å². The Kier molecular flexibility index (Phi) is 3.26. The number of nitriles is 1. The molecule has 9 heteroatoms. The summed E-state index contributed by atoms with van der Waals surface area (Å²) in [5.41, 5.74) is -2.47. The Morgan fingerprint density at radius 2 is 2.12 bits per heavy atom. The van der Waals surface area contributed by atoms with Gasteiger partial charge in [-0.3, -0.25) is 4.31 Å². The predicted molar refractivity (Wildman–Crippen MR) is 82.2 cm³/mol. The van der Waals surface area contributed by atoms with Crippen LogP contribution in [0.25, 0.3) is 0 Å². The molecule has 0 aliphatic carbocycles. The second-order valence-electron chi connectivity index (χ2n) is 7.01. The summed E-state index contributed by atoms with van der Waals surface area (Å²) in [6, 6.07) is 4.54. The fraction of sp³-hybridized carbons (Fsp3) is 0.562. The molecule has 134 valence electrons. The number of anilines is 1. The first kappa shape index (κ1) is 16.7. The van der Waals surface area contributed by atoms with Crippen molar-refractivity contribution in [2.24, 2.45) is 5.92 Å². The largest absolute Gasteiger partial charge is 0.417 e. The molecule has 5 nitrogen and oxygen atoms in total. The number of rotatable bonds is 1. The molecule has 4 rings (SSSR count). The lowest BCUT2D eigenvalue weighted by molar-refractivity contribution is -0.137. The third-order valence-corrected chi connectivity index (χ3v) is 8.00. The summed E-state index contributed by atoms with van der Waals surface area (Å²) in [5, 5.41) is 8.15. The molecule has 0 unspecified atom stereocenters. The van der Waals surface area contributed by atoms with E-state index in [-0.39, 0.29) is 24.3 Å². The van der Waals surface area contributed by atoms with Gasteiger partial charge in [0.15, 0.2) is 0 Å². The van der Waals surface area contributed by atoms with Crippen molar-refractivity contribution < 1.29 is 26.3 Å². The van der Waals surface area contributed by atoms with Crippen LogP contribution in [0.1, 0.15) is 30.9 Å². The summed E-state index contributed by atoms with van der Waals surface area (Å²) in [6.45, 7) is 1.87. The van der Waals surface area contributed by atoms with E-state index in [1.807, 2.05) is 0 Å². The zero-order valence-corrected chi connectivity index (χ0v) is 14.1. The maximum absolute atomic E-state index is 13.2. The van der Waals surface area contributed by atoms with Crippen molar-refractivity contribution in [2.75, 3.05) is 10.8 Å². The summed E-state index contributed by atoms with van der Waals surface area (Å²) in [5.74, 6) is -0.242. The Morgan fingerprint density at radius 3 is 2.72 bits per heavy atom. The van der Waals surface area contributed by atoms with Gasteiger partial charge >= 0.3 is 6.18 Å². The van der Waals surface area contributed by atoms with Gasteiger partial charge in [0.2, 0.25) is 10.0 Å². The molecule has 3 saturated heterocycles. The minimum absolute atomic E-state index is 0.0521. The molecular weight excluding hydrogens is 357 g/mol. The highest BCUT2D eigenvalue weighted by Crippen LogP contribution is 2.54. The molecule has 2 bridgehead atoms. The topological polar surface area (TPSA) is 70.4 Å². The van der Waals surface area contributed by atoms with Gasteiger partial charge in [-0.15, -0.1) is 0 Å². The van der Waals surface area contributed by atoms with Crippen LogP contribution in [0.15, 0.2) is 18.2 Å². The zero-order valence-electron chi connectivity index (χ0n) is 13.2. The summed E-state index contributed by atoms with van der Waals surface area (Å²) >= 11 is 0. The Hall–Kier alpha value is -1.79. The number of ether oxygens (including phenoxy) is 1. The minimum Gasteiger partial charge on any atom is -0.370 e. The van der Waals surface area contributed by atoms with Crippen LogP contribution in [-0.2, 0) is 20.9 Å². The molecule has 25 heavy (non-hydrogen) atoms. The van der Waals surface area contributed by atoms with E-state index < -0.39 is 38.2 Å². The Balaban J connectivity index is 1.79.